The van der Waals surface area contributed by atoms with Crippen LogP contribution in [0, 0.1) is 0 Å². The molecule has 0 amide bonds. The van der Waals surface area contributed by atoms with Gasteiger partial charge in [0, 0.05) is 39.3 Å². The normalized spacial score (nSPS) is 23.5. The lowest BCUT2D eigenvalue weighted by atomic mass is 10.5. The molecule has 0 spiro atoms. The quantitative estimate of drug-likeness (QED) is 0.404. The first-order valence-electron chi connectivity index (χ1n) is 9.14. The first-order valence-corrected chi connectivity index (χ1v) is 9.95. The first kappa shape index (κ1) is 21.5. The van der Waals surface area contributed by atoms with E-state index >= 15 is 0 Å². The Morgan fingerprint density at radius 2 is 0.885 bits per heavy atom. The van der Waals surface area contributed by atoms with Crippen molar-refractivity contribution in [2.45, 2.75) is 0 Å². The molecule has 2 saturated heterocycles. The SMILES string of the molecule is S=C1NCCOCCNC(=S)N2CCOCCOCCN1CCOCC2. The van der Waals surface area contributed by atoms with Gasteiger partial charge in [-0.3, -0.25) is 0 Å². The molecule has 0 aromatic heterocycles. The predicted molar refractivity (Wildman–Crippen MR) is 108 cm³/mol. The summed E-state index contributed by atoms with van der Waals surface area (Å²) in [7, 11) is 0. The zero-order valence-electron chi connectivity index (χ0n) is 15.2. The second-order valence-electron chi connectivity index (χ2n) is 5.89. The van der Waals surface area contributed by atoms with Crippen molar-refractivity contribution in [1.29, 1.82) is 0 Å². The summed E-state index contributed by atoms with van der Waals surface area (Å²) in [5.41, 5.74) is 0. The number of hydrogen-bond donors (Lipinski definition) is 2. The Morgan fingerprint density at radius 3 is 1.31 bits per heavy atom. The van der Waals surface area contributed by atoms with E-state index in [0.717, 1.165) is 26.2 Å². The number of hydrogen-bond acceptors (Lipinski definition) is 6. The first-order chi connectivity index (χ1) is 12.8. The zero-order valence-corrected chi connectivity index (χ0v) is 16.9. The fourth-order valence-corrected chi connectivity index (χ4v) is 3.11. The second-order valence-corrected chi connectivity index (χ2v) is 6.66. The minimum Gasteiger partial charge on any atom is -0.378 e. The van der Waals surface area contributed by atoms with E-state index in [0.29, 0.717) is 76.2 Å². The van der Waals surface area contributed by atoms with Crippen LogP contribution in [-0.2, 0) is 18.9 Å². The van der Waals surface area contributed by atoms with Crippen molar-refractivity contribution in [3.63, 3.8) is 0 Å². The molecule has 0 aliphatic carbocycles. The third-order valence-corrected chi connectivity index (χ3v) is 4.82. The summed E-state index contributed by atoms with van der Waals surface area (Å²) in [6.07, 6.45) is 0. The highest BCUT2D eigenvalue weighted by molar-refractivity contribution is 7.80. The molecule has 26 heavy (non-hydrogen) atoms. The lowest BCUT2D eigenvalue weighted by molar-refractivity contribution is 0.0407. The Kier molecular flexibility index (Phi) is 11.1. The molecule has 0 saturated carbocycles. The second kappa shape index (κ2) is 13.4. The van der Waals surface area contributed by atoms with Gasteiger partial charge in [-0.2, -0.15) is 0 Å². The Bertz CT molecular complexity index is 395. The van der Waals surface area contributed by atoms with Gasteiger partial charge in [0.2, 0.25) is 0 Å². The van der Waals surface area contributed by atoms with Gasteiger partial charge in [-0.15, -0.1) is 0 Å². The maximum absolute atomic E-state index is 5.80. The molecule has 0 aromatic carbocycles. The Labute approximate surface area is 166 Å². The van der Waals surface area contributed by atoms with Crippen LogP contribution in [0.1, 0.15) is 0 Å². The molecule has 0 atom stereocenters. The van der Waals surface area contributed by atoms with Gasteiger partial charge in [-0.1, -0.05) is 0 Å². The van der Waals surface area contributed by atoms with Crippen molar-refractivity contribution in [2.24, 2.45) is 0 Å². The highest BCUT2D eigenvalue weighted by Crippen LogP contribution is 1.97. The molecule has 2 heterocycles. The number of rotatable bonds is 0. The molecule has 0 radical (unpaired) electrons. The van der Waals surface area contributed by atoms with Gasteiger partial charge >= 0.3 is 0 Å². The summed E-state index contributed by atoms with van der Waals surface area (Å²) in [6.45, 7) is 8.93. The van der Waals surface area contributed by atoms with Crippen molar-refractivity contribution >= 4 is 34.7 Å². The van der Waals surface area contributed by atoms with E-state index in [-0.39, 0.29) is 0 Å². The molecule has 10 heteroatoms. The topological polar surface area (TPSA) is 67.5 Å². The van der Waals surface area contributed by atoms with E-state index in [1.807, 2.05) is 0 Å². The summed E-state index contributed by atoms with van der Waals surface area (Å²) < 4.78 is 22.7. The fraction of sp³-hybridized carbons (Fsp3) is 0.875. The summed E-state index contributed by atoms with van der Waals surface area (Å²) >= 11 is 11.0. The van der Waals surface area contributed by atoms with Crippen LogP contribution in [0.5, 0.6) is 0 Å². The molecule has 2 rings (SSSR count). The van der Waals surface area contributed by atoms with E-state index in [4.69, 9.17) is 43.4 Å². The molecule has 2 N–H and O–H groups in total. The van der Waals surface area contributed by atoms with E-state index in [1.54, 1.807) is 0 Å². The van der Waals surface area contributed by atoms with Gasteiger partial charge < -0.3 is 39.4 Å². The highest BCUT2D eigenvalue weighted by Gasteiger charge is 2.12. The lowest BCUT2D eigenvalue weighted by Gasteiger charge is -2.27. The minimum atomic E-state index is 0.571. The number of nitrogens with zero attached hydrogens (tertiary/aromatic N) is 2. The Balaban J connectivity index is 2.00. The molecule has 2 aliphatic heterocycles. The van der Waals surface area contributed by atoms with Crippen molar-refractivity contribution in [3.8, 4) is 0 Å². The average molecular weight is 407 g/mol. The molecule has 150 valence electrons. The van der Waals surface area contributed by atoms with Gasteiger partial charge in [0.25, 0.3) is 0 Å². The average Bonchev–Trinajstić information content (AvgIpc) is 2.64. The third kappa shape index (κ3) is 8.74. The van der Waals surface area contributed by atoms with Crippen molar-refractivity contribution in [2.75, 3.05) is 92.1 Å². The summed E-state index contributed by atoms with van der Waals surface area (Å²) in [5.74, 6) is 0. The summed E-state index contributed by atoms with van der Waals surface area (Å²) in [5, 5.41) is 7.88. The fourth-order valence-electron chi connectivity index (χ4n) is 2.54. The van der Waals surface area contributed by atoms with Crippen LogP contribution in [0.2, 0.25) is 0 Å². The maximum Gasteiger partial charge on any atom is 0.169 e. The molecule has 2 fully saturated rings. The van der Waals surface area contributed by atoms with Crippen molar-refractivity contribution in [3.05, 3.63) is 0 Å². The van der Waals surface area contributed by atoms with Crippen LogP contribution < -0.4 is 10.6 Å². The van der Waals surface area contributed by atoms with Crippen molar-refractivity contribution < 1.29 is 18.9 Å². The van der Waals surface area contributed by atoms with E-state index < -0.39 is 0 Å². The zero-order chi connectivity index (χ0) is 18.5. The van der Waals surface area contributed by atoms with Crippen LogP contribution in [0.3, 0.4) is 0 Å². The Hall–Kier alpha value is -0.780. The summed E-state index contributed by atoms with van der Waals surface area (Å²) in [6, 6.07) is 0. The van der Waals surface area contributed by atoms with E-state index in [1.165, 1.54) is 0 Å². The molecule has 0 unspecified atom stereocenters. The predicted octanol–water partition coefficient (Wildman–Crippen LogP) is -0.567. The molecule has 2 aliphatic rings. The molecule has 8 nitrogen and oxygen atoms in total. The molecule has 2 bridgehead atoms. The number of ether oxygens (including phenoxy) is 4. The summed E-state index contributed by atoms with van der Waals surface area (Å²) in [4.78, 5) is 4.15. The number of fused-ring (bicyclic) bond motifs is 6. The van der Waals surface area contributed by atoms with Crippen LogP contribution in [0.4, 0.5) is 0 Å². The molecular formula is C16H30N4O4S2. The van der Waals surface area contributed by atoms with Gasteiger partial charge in [0.15, 0.2) is 10.2 Å². The van der Waals surface area contributed by atoms with Gasteiger partial charge in [0.1, 0.15) is 0 Å². The number of thiocarbonyl (C=S) groups is 2. The lowest BCUT2D eigenvalue weighted by Crippen LogP contribution is -2.46. The highest BCUT2D eigenvalue weighted by atomic mass is 32.1. The van der Waals surface area contributed by atoms with Crippen LogP contribution in [-0.4, -0.2) is 112 Å². The standard InChI is InChI=1S/C16H30N4O4S2/c25-15-17-1-7-21-8-2-18-16(26)20-4-10-22-9-3-19(15)5-11-23-13-14-24-12-6-20/h1-14H2,(H,17,25)(H,18,26). The molecular weight excluding hydrogens is 376 g/mol. The largest absolute Gasteiger partial charge is 0.378 e. The van der Waals surface area contributed by atoms with Crippen LogP contribution in [0.25, 0.3) is 0 Å². The van der Waals surface area contributed by atoms with E-state index in [2.05, 4.69) is 20.4 Å². The minimum absolute atomic E-state index is 0.571. The van der Waals surface area contributed by atoms with Crippen molar-refractivity contribution in [1.82, 2.24) is 20.4 Å². The van der Waals surface area contributed by atoms with Gasteiger partial charge in [-0.25, -0.2) is 0 Å². The van der Waals surface area contributed by atoms with E-state index in [9.17, 15) is 0 Å². The van der Waals surface area contributed by atoms with Gasteiger partial charge in [-0.05, 0) is 24.4 Å². The van der Waals surface area contributed by atoms with Crippen LogP contribution in [0.15, 0.2) is 0 Å². The Morgan fingerprint density at radius 1 is 0.538 bits per heavy atom. The number of nitrogens with one attached hydrogen (secondary N) is 2. The maximum atomic E-state index is 5.80. The van der Waals surface area contributed by atoms with Gasteiger partial charge in [0.05, 0.1) is 52.9 Å². The van der Waals surface area contributed by atoms with Crippen LogP contribution >= 0.6 is 24.4 Å². The molecule has 0 aromatic rings. The third-order valence-electron chi connectivity index (χ3n) is 4.01. The smallest absolute Gasteiger partial charge is 0.169 e. The monoisotopic (exact) mass is 406 g/mol.